The van der Waals surface area contributed by atoms with Crippen molar-refractivity contribution in [3.63, 3.8) is 0 Å². The molecule has 2 amide bonds. The monoisotopic (exact) mass is 334 g/mol. The van der Waals surface area contributed by atoms with Crippen LogP contribution in [0.25, 0.3) is 0 Å². The number of nitrogens with zero attached hydrogens (tertiary/aromatic N) is 2. The lowest BCUT2D eigenvalue weighted by molar-refractivity contribution is 0.175. The van der Waals surface area contributed by atoms with Gasteiger partial charge in [-0.15, -0.1) is 0 Å². The Labute approximate surface area is 136 Å². The molecular weight excluding hydrogens is 318 g/mol. The number of halogens is 2. The number of anilines is 1. The van der Waals surface area contributed by atoms with Gasteiger partial charge in [0.25, 0.3) is 5.56 Å². The summed E-state index contributed by atoms with van der Waals surface area (Å²) >= 11 is 0. The number of urea groups is 1. The van der Waals surface area contributed by atoms with Crippen molar-refractivity contribution in [1.29, 1.82) is 0 Å². The SMILES string of the molecule is Cn1ccnc(NC(=O)NC2(c3c(F)cccc3F)CCC2)c1=O. The van der Waals surface area contributed by atoms with Gasteiger partial charge in [-0.25, -0.2) is 18.6 Å². The minimum atomic E-state index is -1.11. The topological polar surface area (TPSA) is 76.0 Å². The molecule has 1 heterocycles. The maximum atomic E-state index is 14.1. The van der Waals surface area contributed by atoms with Crippen LogP contribution >= 0.6 is 0 Å². The predicted octanol–water partition coefficient (Wildman–Crippen LogP) is 2.26. The molecule has 126 valence electrons. The van der Waals surface area contributed by atoms with Crippen LogP contribution in [0.1, 0.15) is 24.8 Å². The first-order chi connectivity index (χ1) is 11.4. The fourth-order valence-electron chi connectivity index (χ4n) is 2.86. The first kappa shape index (κ1) is 16.1. The Bertz CT molecular complexity index is 826. The number of carbonyl (C=O) groups is 1. The van der Waals surface area contributed by atoms with Gasteiger partial charge in [-0.2, -0.15) is 0 Å². The summed E-state index contributed by atoms with van der Waals surface area (Å²) in [7, 11) is 1.52. The number of rotatable bonds is 3. The highest BCUT2D eigenvalue weighted by Crippen LogP contribution is 2.43. The van der Waals surface area contributed by atoms with Crippen LogP contribution in [-0.2, 0) is 12.6 Å². The van der Waals surface area contributed by atoms with Crippen LogP contribution in [0.2, 0.25) is 0 Å². The molecule has 2 aromatic rings. The van der Waals surface area contributed by atoms with Crippen molar-refractivity contribution in [2.75, 3.05) is 5.32 Å². The predicted molar refractivity (Wildman–Crippen MR) is 83.5 cm³/mol. The molecular formula is C16H16F2N4O2. The van der Waals surface area contributed by atoms with E-state index in [1.54, 1.807) is 0 Å². The maximum Gasteiger partial charge on any atom is 0.321 e. The molecule has 8 heteroatoms. The van der Waals surface area contributed by atoms with Crippen LogP contribution in [0, 0.1) is 11.6 Å². The van der Waals surface area contributed by atoms with Gasteiger partial charge >= 0.3 is 6.03 Å². The van der Waals surface area contributed by atoms with Gasteiger partial charge in [-0.05, 0) is 31.4 Å². The summed E-state index contributed by atoms with van der Waals surface area (Å²) in [5.41, 5.74) is -1.74. The number of nitrogens with one attached hydrogen (secondary N) is 2. The van der Waals surface area contributed by atoms with Crippen LogP contribution in [0.5, 0.6) is 0 Å². The van der Waals surface area contributed by atoms with E-state index in [1.165, 1.54) is 30.1 Å². The number of carbonyl (C=O) groups excluding carboxylic acids is 1. The molecule has 1 aromatic heterocycles. The molecule has 0 saturated heterocycles. The van der Waals surface area contributed by atoms with Crippen molar-refractivity contribution in [3.8, 4) is 0 Å². The summed E-state index contributed by atoms with van der Waals surface area (Å²) in [4.78, 5) is 27.9. The second kappa shape index (κ2) is 6.03. The van der Waals surface area contributed by atoms with Gasteiger partial charge in [-0.1, -0.05) is 6.07 Å². The fourth-order valence-corrected chi connectivity index (χ4v) is 2.86. The lowest BCUT2D eigenvalue weighted by atomic mass is 9.71. The summed E-state index contributed by atoms with van der Waals surface area (Å²) in [5.74, 6) is -1.56. The number of benzene rings is 1. The summed E-state index contributed by atoms with van der Waals surface area (Å²) in [5, 5.41) is 4.95. The Morgan fingerprint density at radius 2 is 1.96 bits per heavy atom. The summed E-state index contributed by atoms with van der Waals surface area (Å²) in [6, 6.07) is 2.87. The molecule has 0 atom stereocenters. The van der Waals surface area contributed by atoms with Crippen molar-refractivity contribution in [1.82, 2.24) is 14.9 Å². The third-order valence-corrected chi connectivity index (χ3v) is 4.25. The Morgan fingerprint density at radius 1 is 1.29 bits per heavy atom. The second-order valence-corrected chi connectivity index (χ2v) is 5.80. The smallest absolute Gasteiger partial charge is 0.321 e. The molecule has 2 N–H and O–H groups in total. The minimum absolute atomic E-state index is 0.152. The molecule has 24 heavy (non-hydrogen) atoms. The average Bonchev–Trinajstić information content (AvgIpc) is 2.49. The van der Waals surface area contributed by atoms with Crippen molar-refractivity contribution >= 4 is 11.8 Å². The van der Waals surface area contributed by atoms with E-state index in [2.05, 4.69) is 15.6 Å². The largest absolute Gasteiger partial charge is 0.328 e. The Hall–Kier alpha value is -2.77. The summed E-state index contributed by atoms with van der Waals surface area (Å²) in [6.07, 6.45) is 4.39. The molecule has 3 rings (SSSR count). The van der Waals surface area contributed by atoms with Crippen molar-refractivity contribution < 1.29 is 13.6 Å². The number of hydrogen-bond donors (Lipinski definition) is 2. The van der Waals surface area contributed by atoms with E-state index < -0.39 is 28.8 Å². The molecule has 0 aliphatic heterocycles. The second-order valence-electron chi connectivity index (χ2n) is 5.80. The highest BCUT2D eigenvalue weighted by molar-refractivity contribution is 5.88. The first-order valence-corrected chi connectivity index (χ1v) is 7.48. The van der Waals surface area contributed by atoms with E-state index in [0.717, 1.165) is 18.6 Å². The van der Waals surface area contributed by atoms with E-state index >= 15 is 0 Å². The molecule has 1 aromatic carbocycles. The fraction of sp³-hybridized carbons (Fsp3) is 0.312. The molecule has 1 saturated carbocycles. The molecule has 1 aliphatic carbocycles. The molecule has 0 spiro atoms. The van der Waals surface area contributed by atoms with Crippen LogP contribution < -0.4 is 16.2 Å². The number of amides is 2. The molecule has 1 fully saturated rings. The van der Waals surface area contributed by atoms with Gasteiger partial charge in [-0.3, -0.25) is 10.1 Å². The Balaban J connectivity index is 1.84. The van der Waals surface area contributed by atoms with E-state index in [4.69, 9.17) is 0 Å². The zero-order valence-corrected chi connectivity index (χ0v) is 13.0. The highest BCUT2D eigenvalue weighted by Gasteiger charge is 2.44. The Morgan fingerprint density at radius 3 is 2.54 bits per heavy atom. The van der Waals surface area contributed by atoms with Crippen molar-refractivity contribution in [2.24, 2.45) is 7.05 Å². The van der Waals surface area contributed by atoms with Crippen LogP contribution in [0.4, 0.5) is 19.4 Å². The average molecular weight is 334 g/mol. The first-order valence-electron chi connectivity index (χ1n) is 7.48. The maximum absolute atomic E-state index is 14.1. The van der Waals surface area contributed by atoms with Gasteiger partial charge in [0.05, 0.1) is 5.54 Å². The van der Waals surface area contributed by atoms with Gasteiger partial charge in [0.1, 0.15) is 11.6 Å². The van der Waals surface area contributed by atoms with Gasteiger partial charge in [0.2, 0.25) is 5.82 Å². The summed E-state index contributed by atoms with van der Waals surface area (Å²) < 4.78 is 29.4. The van der Waals surface area contributed by atoms with Crippen molar-refractivity contribution in [3.05, 3.63) is 58.1 Å². The quantitative estimate of drug-likeness (QED) is 0.904. The van der Waals surface area contributed by atoms with E-state index in [-0.39, 0.29) is 11.4 Å². The van der Waals surface area contributed by atoms with E-state index in [0.29, 0.717) is 12.8 Å². The van der Waals surface area contributed by atoms with Gasteiger partial charge < -0.3 is 9.88 Å². The Kier molecular flexibility index (Phi) is 4.04. The molecule has 0 radical (unpaired) electrons. The zero-order valence-electron chi connectivity index (χ0n) is 13.0. The third kappa shape index (κ3) is 2.75. The van der Waals surface area contributed by atoms with Gasteiger partial charge in [0, 0.05) is 25.0 Å². The lowest BCUT2D eigenvalue weighted by Crippen LogP contribution is -2.53. The lowest BCUT2D eigenvalue weighted by Gasteiger charge is -2.43. The summed E-state index contributed by atoms with van der Waals surface area (Å²) in [6.45, 7) is 0. The number of aryl methyl sites for hydroxylation is 1. The zero-order chi connectivity index (χ0) is 17.3. The standard InChI is InChI=1S/C16H16F2N4O2/c1-22-9-8-19-13(14(22)23)20-15(24)21-16(6-3-7-16)12-10(17)4-2-5-11(12)18/h2,4-5,8-9H,3,6-7H2,1H3,(H2,19,20,21,24). The third-order valence-electron chi connectivity index (χ3n) is 4.25. The van der Waals surface area contributed by atoms with Crippen LogP contribution in [-0.4, -0.2) is 15.6 Å². The van der Waals surface area contributed by atoms with Crippen LogP contribution in [0.3, 0.4) is 0 Å². The molecule has 6 nitrogen and oxygen atoms in total. The normalized spacial score (nSPS) is 15.5. The van der Waals surface area contributed by atoms with Crippen LogP contribution in [0.15, 0.2) is 35.4 Å². The minimum Gasteiger partial charge on any atom is -0.328 e. The molecule has 0 bridgehead atoms. The number of aromatic nitrogens is 2. The van der Waals surface area contributed by atoms with E-state index in [1.807, 2.05) is 0 Å². The van der Waals surface area contributed by atoms with Crippen molar-refractivity contribution in [2.45, 2.75) is 24.8 Å². The highest BCUT2D eigenvalue weighted by atomic mass is 19.1. The number of hydrogen-bond acceptors (Lipinski definition) is 3. The van der Waals surface area contributed by atoms with Gasteiger partial charge in [0.15, 0.2) is 0 Å². The van der Waals surface area contributed by atoms with E-state index in [9.17, 15) is 18.4 Å². The molecule has 0 unspecified atom stereocenters. The molecule has 1 aliphatic rings.